The fourth-order valence-electron chi connectivity index (χ4n) is 4.01. The van der Waals surface area contributed by atoms with Gasteiger partial charge in [-0.3, -0.25) is 9.89 Å². The summed E-state index contributed by atoms with van der Waals surface area (Å²) < 4.78 is 7.93. The lowest BCUT2D eigenvalue weighted by Crippen LogP contribution is -2.40. The Labute approximate surface area is 147 Å². The lowest BCUT2D eigenvalue weighted by atomic mass is 9.95. The number of hydrogen-bond acceptors (Lipinski definition) is 4. The van der Waals surface area contributed by atoms with Crippen molar-refractivity contribution in [3.8, 4) is 0 Å². The van der Waals surface area contributed by atoms with Crippen molar-refractivity contribution in [2.75, 3.05) is 13.1 Å². The first kappa shape index (κ1) is 16.3. The van der Waals surface area contributed by atoms with Crippen LogP contribution in [-0.2, 0) is 17.7 Å². The molecular weight excluding hydrogens is 318 g/mol. The standard InChI is InChI=1S/C18H25N5O2/c1-12-9-15-16(13(2)25-12)20-21-17(15)18(24)23-6-3-14(4-7-23)10-22-8-5-19-11-22/h5,8,11-14H,3-4,6-7,9-10H2,1-2H3,(H,20,21)/t12-,13+/m1/s1. The number of amides is 1. The highest BCUT2D eigenvalue weighted by molar-refractivity contribution is 5.94. The minimum atomic E-state index is -0.0336. The highest BCUT2D eigenvalue weighted by Crippen LogP contribution is 2.31. The van der Waals surface area contributed by atoms with Gasteiger partial charge >= 0.3 is 0 Å². The molecule has 0 unspecified atom stereocenters. The van der Waals surface area contributed by atoms with Crippen LogP contribution in [0.15, 0.2) is 18.7 Å². The van der Waals surface area contributed by atoms with Crippen LogP contribution in [0.1, 0.15) is 54.5 Å². The summed E-state index contributed by atoms with van der Waals surface area (Å²) in [5, 5.41) is 7.35. The van der Waals surface area contributed by atoms with Crippen LogP contribution in [0.25, 0.3) is 0 Å². The summed E-state index contributed by atoms with van der Waals surface area (Å²) in [5.41, 5.74) is 2.58. The molecule has 0 aliphatic carbocycles. The number of H-pyrrole nitrogens is 1. The minimum absolute atomic E-state index is 0.0336. The number of aromatic amines is 1. The molecule has 2 aromatic heterocycles. The number of nitrogens with one attached hydrogen (secondary N) is 1. The minimum Gasteiger partial charge on any atom is -0.369 e. The van der Waals surface area contributed by atoms with Crippen LogP contribution in [0, 0.1) is 5.92 Å². The van der Waals surface area contributed by atoms with Gasteiger partial charge in [0.1, 0.15) is 0 Å². The molecule has 0 radical (unpaired) electrons. The highest BCUT2D eigenvalue weighted by Gasteiger charge is 2.32. The molecule has 0 spiro atoms. The zero-order chi connectivity index (χ0) is 17.4. The Bertz CT molecular complexity index is 731. The molecular formula is C18H25N5O2. The fourth-order valence-corrected chi connectivity index (χ4v) is 4.01. The number of carbonyl (C=O) groups excluding carboxylic acids is 1. The van der Waals surface area contributed by atoms with E-state index in [0.29, 0.717) is 11.6 Å². The molecule has 1 N–H and O–H groups in total. The average molecular weight is 343 g/mol. The number of hydrogen-bond donors (Lipinski definition) is 1. The maximum absolute atomic E-state index is 13.0. The van der Waals surface area contributed by atoms with E-state index in [9.17, 15) is 4.79 Å². The maximum Gasteiger partial charge on any atom is 0.274 e. The average Bonchev–Trinajstić information content (AvgIpc) is 3.24. The van der Waals surface area contributed by atoms with Gasteiger partial charge in [-0.25, -0.2) is 4.98 Å². The first-order valence-corrected chi connectivity index (χ1v) is 9.09. The van der Waals surface area contributed by atoms with Crippen LogP contribution < -0.4 is 0 Å². The topological polar surface area (TPSA) is 76.0 Å². The third kappa shape index (κ3) is 3.20. The van der Waals surface area contributed by atoms with E-state index in [2.05, 4.69) is 19.7 Å². The molecule has 4 rings (SSSR count). The van der Waals surface area contributed by atoms with Gasteiger partial charge in [0.05, 0.1) is 24.2 Å². The first-order valence-electron chi connectivity index (χ1n) is 9.09. The largest absolute Gasteiger partial charge is 0.369 e. The molecule has 1 amide bonds. The lowest BCUT2D eigenvalue weighted by molar-refractivity contribution is -0.00703. The Kier molecular flexibility index (Phi) is 4.33. The van der Waals surface area contributed by atoms with Crippen molar-refractivity contribution >= 4 is 5.91 Å². The summed E-state index contributed by atoms with van der Waals surface area (Å²) in [4.78, 5) is 19.0. The summed E-state index contributed by atoms with van der Waals surface area (Å²) >= 11 is 0. The number of likely N-dealkylation sites (tertiary alicyclic amines) is 1. The summed E-state index contributed by atoms with van der Waals surface area (Å²) in [5.74, 6) is 0.652. The fraction of sp³-hybridized carbons (Fsp3) is 0.611. The van der Waals surface area contributed by atoms with Crippen molar-refractivity contribution in [2.24, 2.45) is 5.92 Å². The Morgan fingerprint density at radius 1 is 1.36 bits per heavy atom. The number of fused-ring (bicyclic) bond motifs is 1. The van der Waals surface area contributed by atoms with E-state index >= 15 is 0 Å². The van der Waals surface area contributed by atoms with Gasteiger partial charge < -0.3 is 14.2 Å². The summed E-state index contributed by atoms with van der Waals surface area (Å²) in [7, 11) is 0. The van der Waals surface area contributed by atoms with Crippen LogP contribution in [0.4, 0.5) is 0 Å². The van der Waals surface area contributed by atoms with E-state index in [1.165, 1.54) is 0 Å². The number of imidazole rings is 1. The number of nitrogens with zero attached hydrogens (tertiary/aromatic N) is 4. The summed E-state index contributed by atoms with van der Waals surface area (Å²) in [6.07, 6.45) is 8.54. The van der Waals surface area contributed by atoms with E-state index in [1.807, 2.05) is 37.5 Å². The Morgan fingerprint density at radius 3 is 2.88 bits per heavy atom. The zero-order valence-corrected chi connectivity index (χ0v) is 14.8. The molecule has 0 saturated carbocycles. The molecule has 1 fully saturated rings. The molecule has 2 atom stereocenters. The van der Waals surface area contributed by atoms with E-state index < -0.39 is 0 Å². The van der Waals surface area contributed by atoms with Crippen LogP contribution in [-0.4, -0.2) is 49.7 Å². The number of carbonyl (C=O) groups is 1. The molecule has 134 valence electrons. The monoisotopic (exact) mass is 343 g/mol. The maximum atomic E-state index is 13.0. The van der Waals surface area contributed by atoms with Gasteiger partial charge in [-0.1, -0.05) is 0 Å². The third-order valence-electron chi connectivity index (χ3n) is 5.37. The Morgan fingerprint density at radius 2 is 2.16 bits per heavy atom. The molecule has 25 heavy (non-hydrogen) atoms. The second-order valence-corrected chi connectivity index (χ2v) is 7.25. The molecule has 4 heterocycles. The molecule has 2 aliphatic rings. The first-order chi connectivity index (χ1) is 12.1. The number of piperidine rings is 1. The van der Waals surface area contributed by atoms with Crippen molar-refractivity contribution in [2.45, 2.75) is 51.9 Å². The number of ether oxygens (including phenoxy) is 1. The molecule has 0 aromatic carbocycles. The van der Waals surface area contributed by atoms with E-state index in [0.717, 1.165) is 50.2 Å². The van der Waals surface area contributed by atoms with Gasteiger partial charge in [0, 0.05) is 44.0 Å². The molecule has 1 saturated heterocycles. The summed E-state index contributed by atoms with van der Waals surface area (Å²) in [6.45, 7) is 6.61. The Hall–Kier alpha value is -2.15. The summed E-state index contributed by atoms with van der Waals surface area (Å²) in [6, 6.07) is 0. The van der Waals surface area contributed by atoms with E-state index in [1.54, 1.807) is 0 Å². The second kappa shape index (κ2) is 6.63. The SMILES string of the molecule is C[C@@H]1Cc2c(C(=O)N3CCC(Cn4ccnc4)CC3)n[nH]c2[C@H](C)O1. The predicted molar refractivity (Wildman–Crippen MR) is 92.1 cm³/mol. The van der Waals surface area contributed by atoms with Crippen molar-refractivity contribution < 1.29 is 9.53 Å². The quantitative estimate of drug-likeness (QED) is 0.927. The number of aromatic nitrogens is 4. The van der Waals surface area contributed by atoms with Crippen LogP contribution in [0.5, 0.6) is 0 Å². The molecule has 7 nitrogen and oxygen atoms in total. The van der Waals surface area contributed by atoms with Gasteiger partial charge in [-0.2, -0.15) is 5.10 Å². The van der Waals surface area contributed by atoms with Gasteiger partial charge in [0.15, 0.2) is 5.69 Å². The van der Waals surface area contributed by atoms with Crippen LogP contribution in [0.3, 0.4) is 0 Å². The van der Waals surface area contributed by atoms with Gasteiger partial charge in [-0.05, 0) is 32.6 Å². The highest BCUT2D eigenvalue weighted by atomic mass is 16.5. The second-order valence-electron chi connectivity index (χ2n) is 7.25. The van der Waals surface area contributed by atoms with Crippen molar-refractivity contribution in [3.63, 3.8) is 0 Å². The third-order valence-corrected chi connectivity index (χ3v) is 5.37. The van der Waals surface area contributed by atoms with Crippen LogP contribution in [0.2, 0.25) is 0 Å². The van der Waals surface area contributed by atoms with Crippen molar-refractivity contribution in [3.05, 3.63) is 35.7 Å². The van der Waals surface area contributed by atoms with Gasteiger partial charge in [0.25, 0.3) is 5.91 Å². The van der Waals surface area contributed by atoms with Crippen LogP contribution >= 0.6 is 0 Å². The van der Waals surface area contributed by atoms with E-state index in [-0.39, 0.29) is 18.1 Å². The van der Waals surface area contributed by atoms with E-state index in [4.69, 9.17) is 4.74 Å². The van der Waals surface area contributed by atoms with Crippen molar-refractivity contribution in [1.82, 2.24) is 24.6 Å². The lowest BCUT2D eigenvalue weighted by Gasteiger charge is -2.32. The van der Waals surface area contributed by atoms with Gasteiger partial charge in [-0.15, -0.1) is 0 Å². The van der Waals surface area contributed by atoms with Crippen molar-refractivity contribution in [1.29, 1.82) is 0 Å². The molecule has 2 aromatic rings. The zero-order valence-electron chi connectivity index (χ0n) is 14.8. The normalized spacial score (nSPS) is 24.3. The molecule has 2 aliphatic heterocycles. The molecule has 0 bridgehead atoms. The predicted octanol–water partition coefficient (Wildman–Crippen LogP) is 2.18. The molecule has 7 heteroatoms. The van der Waals surface area contributed by atoms with Gasteiger partial charge in [0.2, 0.25) is 0 Å². The Balaban J connectivity index is 1.41. The number of rotatable bonds is 3. The smallest absolute Gasteiger partial charge is 0.274 e.